The molecule has 4 rings (SSSR count). The van der Waals surface area contributed by atoms with E-state index in [0.717, 1.165) is 12.1 Å². The second-order valence-electron chi connectivity index (χ2n) is 8.52. The minimum absolute atomic E-state index is 0.0315. The average molecular weight is 456 g/mol. The molecule has 1 aliphatic rings. The van der Waals surface area contributed by atoms with Crippen molar-refractivity contribution in [3.8, 4) is 0 Å². The van der Waals surface area contributed by atoms with Gasteiger partial charge in [0.2, 0.25) is 5.91 Å². The van der Waals surface area contributed by atoms with E-state index < -0.39 is 0 Å². The van der Waals surface area contributed by atoms with Gasteiger partial charge in [-0.1, -0.05) is 55.4 Å². The summed E-state index contributed by atoms with van der Waals surface area (Å²) in [5.74, 6) is 0.288. The summed E-state index contributed by atoms with van der Waals surface area (Å²) < 4.78 is 1.68. The Kier molecular flexibility index (Phi) is 6.13. The van der Waals surface area contributed by atoms with Crippen LogP contribution in [0, 0.1) is 5.92 Å². The van der Waals surface area contributed by atoms with Crippen LogP contribution in [0.1, 0.15) is 33.3 Å². The lowest BCUT2D eigenvalue weighted by Crippen LogP contribution is -2.40. The van der Waals surface area contributed by atoms with Crippen LogP contribution in [0.5, 0.6) is 0 Å². The smallest absolute Gasteiger partial charge is 0.262 e. The molecule has 3 aromatic rings. The highest BCUT2D eigenvalue weighted by Gasteiger charge is 2.34. The fourth-order valence-corrected chi connectivity index (χ4v) is 5.23. The van der Waals surface area contributed by atoms with Gasteiger partial charge >= 0.3 is 0 Å². The summed E-state index contributed by atoms with van der Waals surface area (Å²) in [6.07, 6.45) is 0.854. The van der Waals surface area contributed by atoms with Crippen LogP contribution in [0.4, 0.5) is 5.69 Å². The molecule has 1 aromatic heterocycles. The Labute approximate surface area is 191 Å². The zero-order valence-electron chi connectivity index (χ0n) is 18.1. The monoisotopic (exact) mass is 455 g/mol. The van der Waals surface area contributed by atoms with E-state index in [-0.39, 0.29) is 28.7 Å². The van der Waals surface area contributed by atoms with Crippen molar-refractivity contribution in [2.24, 2.45) is 5.92 Å². The van der Waals surface area contributed by atoms with E-state index in [1.807, 2.05) is 30.0 Å². The number of halogens is 1. The summed E-state index contributed by atoms with van der Waals surface area (Å²) in [5, 5.41) is 1.19. The number of hydrogen-bond donors (Lipinski definition) is 0. The normalized spacial score (nSPS) is 16.7. The number of fused-ring (bicyclic) bond motifs is 2. The Hall–Kier alpha value is -2.31. The number of benzene rings is 2. The van der Waals surface area contributed by atoms with Crippen molar-refractivity contribution in [3.63, 3.8) is 0 Å². The minimum Gasteiger partial charge on any atom is -0.308 e. The second-order valence-corrected chi connectivity index (χ2v) is 10.3. The maximum atomic E-state index is 13.4. The van der Waals surface area contributed by atoms with Crippen LogP contribution in [0.2, 0.25) is 5.02 Å². The molecule has 0 saturated carbocycles. The van der Waals surface area contributed by atoms with E-state index in [1.54, 1.807) is 22.8 Å². The van der Waals surface area contributed by atoms with Crippen molar-refractivity contribution >= 4 is 45.9 Å². The Morgan fingerprint density at radius 1 is 1.23 bits per heavy atom. The van der Waals surface area contributed by atoms with E-state index in [2.05, 4.69) is 26.8 Å². The molecule has 0 saturated heterocycles. The van der Waals surface area contributed by atoms with Crippen LogP contribution in [0.25, 0.3) is 10.9 Å². The van der Waals surface area contributed by atoms with Gasteiger partial charge in [0.05, 0.1) is 16.2 Å². The first kappa shape index (κ1) is 21.9. The van der Waals surface area contributed by atoms with E-state index in [4.69, 9.17) is 16.6 Å². The number of rotatable bonds is 5. The Morgan fingerprint density at radius 2 is 1.97 bits per heavy atom. The van der Waals surface area contributed by atoms with Gasteiger partial charge in [-0.15, -0.1) is 0 Å². The standard InChI is InChI=1S/C24H26ClN3O2S/c1-14(2)13-27-23(30)19-12-18(25)9-10-20(19)26-24(27)31-16(4)22(29)28-15(3)11-17-7-5-6-8-21(17)28/h5-10,12,14-16H,11,13H2,1-4H3. The zero-order valence-corrected chi connectivity index (χ0v) is 19.7. The second kappa shape index (κ2) is 8.67. The van der Waals surface area contributed by atoms with Gasteiger partial charge in [-0.3, -0.25) is 14.2 Å². The Morgan fingerprint density at radius 3 is 2.71 bits per heavy atom. The van der Waals surface area contributed by atoms with E-state index in [1.165, 1.54) is 17.3 Å². The van der Waals surface area contributed by atoms with Crippen LogP contribution in [0.3, 0.4) is 0 Å². The molecule has 31 heavy (non-hydrogen) atoms. The maximum Gasteiger partial charge on any atom is 0.262 e. The molecular weight excluding hydrogens is 430 g/mol. The molecule has 0 N–H and O–H groups in total. The molecule has 2 unspecified atom stereocenters. The fourth-order valence-electron chi connectivity index (χ4n) is 4.09. The van der Waals surface area contributed by atoms with Crippen LogP contribution in [-0.2, 0) is 17.8 Å². The van der Waals surface area contributed by atoms with Crippen LogP contribution in [0.15, 0.2) is 52.4 Å². The number of carbonyl (C=O) groups is 1. The van der Waals surface area contributed by atoms with Gasteiger partial charge in [0.15, 0.2) is 5.16 Å². The molecule has 0 bridgehead atoms. The lowest BCUT2D eigenvalue weighted by atomic mass is 10.1. The lowest BCUT2D eigenvalue weighted by molar-refractivity contribution is -0.118. The Bertz CT molecular complexity index is 1210. The molecular formula is C24H26ClN3O2S. The van der Waals surface area contributed by atoms with Gasteiger partial charge in [0, 0.05) is 23.3 Å². The molecule has 0 fully saturated rings. The van der Waals surface area contributed by atoms with Gasteiger partial charge in [0.25, 0.3) is 5.56 Å². The highest BCUT2D eigenvalue weighted by Crippen LogP contribution is 2.34. The summed E-state index contributed by atoms with van der Waals surface area (Å²) in [5.41, 5.74) is 2.64. The molecule has 2 atom stereocenters. The average Bonchev–Trinajstić information content (AvgIpc) is 3.06. The Balaban J connectivity index is 1.70. The maximum absolute atomic E-state index is 13.4. The van der Waals surface area contributed by atoms with Gasteiger partial charge in [-0.2, -0.15) is 0 Å². The fraction of sp³-hybridized carbons (Fsp3) is 0.375. The van der Waals surface area contributed by atoms with Gasteiger partial charge in [-0.05, 0) is 56.0 Å². The van der Waals surface area contributed by atoms with Gasteiger partial charge in [0.1, 0.15) is 0 Å². The number of amides is 1. The van der Waals surface area contributed by atoms with Crippen molar-refractivity contribution in [2.75, 3.05) is 4.90 Å². The molecule has 162 valence electrons. The molecule has 0 aliphatic carbocycles. The SMILES string of the molecule is CC(C)Cn1c(SC(C)C(=O)N2c3ccccc3CC2C)nc2ccc(Cl)cc2c1=O. The number of nitrogens with zero attached hydrogens (tertiary/aromatic N) is 3. The molecule has 2 heterocycles. The number of thioether (sulfide) groups is 1. The summed E-state index contributed by atoms with van der Waals surface area (Å²) in [6, 6.07) is 13.3. The minimum atomic E-state index is -0.385. The third-order valence-corrected chi connectivity index (χ3v) is 6.82. The lowest BCUT2D eigenvalue weighted by Gasteiger charge is -2.26. The van der Waals surface area contributed by atoms with Crippen LogP contribution in [-0.4, -0.2) is 26.8 Å². The number of carbonyl (C=O) groups excluding carboxylic acids is 1. The third kappa shape index (κ3) is 4.23. The third-order valence-electron chi connectivity index (χ3n) is 5.50. The van der Waals surface area contributed by atoms with Crippen LogP contribution >= 0.6 is 23.4 Å². The first-order chi connectivity index (χ1) is 14.8. The zero-order chi connectivity index (χ0) is 22.3. The van der Waals surface area contributed by atoms with Gasteiger partial charge < -0.3 is 4.90 Å². The predicted octanol–water partition coefficient (Wildman–Crippen LogP) is 5.16. The van der Waals surface area contributed by atoms with Crippen molar-refractivity contribution in [1.82, 2.24) is 9.55 Å². The van der Waals surface area contributed by atoms with E-state index >= 15 is 0 Å². The molecule has 1 aliphatic heterocycles. The molecule has 0 radical (unpaired) electrons. The first-order valence-electron chi connectivity index (χ1n) is 10.5. The van der Waals surface area contributed by atoms with Crippen molar-refractivity contribution in [1.29, 1.82) is 0 Å². The number of hydrogen-bond acceptors (Lipinski definition) is 4. The first-order valence-corrected chi connectivity index (χ1v) is 11.8. The number of aromatic nitrogens is 2. The molecule has 5 nitrogen and oxygen atoms in total. The molecule has 2 aromatic carbocycles. The molecule has 1 amide bonds. The highest BCUT2D eigenvalue weighted by molar-refractivity contribution is 8.00. The van der Waals surface area contributed by atoms with Crippen molar-refractivity contribution in [3.05, 3.63) is 63.4 Å². The summed E-state index contributed by atoms with van der Waals surface area (Å²) in [6.45, 7) is 8.60. The summed E-state index contributed by atoms with van der Waals surface area (Å²) in [4.78, 5) is 33.3. The molecule has 7 heteroatoms. The van der Waals surface area contributed by atoms with Gasteiger partial charge in [-0.25, -0.2) is 4.98 Å². The molecule has 0 spiro atoms. The van der Waals surface area contributed by atoms with E-state index in [0.29, 0.717) is 27.6 Å². The largest absolute Gasteiger partial charge is 0.308 e. The van der Waals surface area contributed by atoms with E-state index in [9.17, 15) is 9.59 Å². The topological polar surface area (TPSA) is 55.2 Å². The quantitative estimate of drug-likeness (QED) is 0.393. The predicted molar refractivity (Wildman–Crippen MR) is 128 cm³/mol. The van der Waals surface area contributed by atoms with Crippen molar-refractivity contribution < 1.29 is 4.79 Å². The highest BCUT2D eigenvalue weighted by atomic mass is 35.5. The summed E-state index contributed by atoms with van der Waals surface area (Å²) in [7, 11) is 0. The van der Waals surface area contributed by atoms with Crippen molar-refractivity contribution in [2.45, 2.75) is 57.1 Å². The number of anilines is 1. The van der Waals surface area contributed by atoms with Crippen LogP contribution < -0.4 is 10.5 Å². The number of para-hydroxylation sites is 1. The summed E-state index contributed by atoms with van der Waals surface area (Å²) >= 11 is 7.46.